The monoisotopic (exact) mass is 358 g/mol. The highest BCUT2D eigenvalue weighted by Gasteiger charge is 1.92. The first-order valence-electron chi connectivity index (χ1n) is 11.9. The second kappa shape index (κ2) is 24.1. The molecule has 0 nitrogen and oxygen atoms in total. The molecular formula is C26H46. The SMILES string of the molecule is CCCCCCCCCCC#CC#CCCCCCCCCCCCC. The van der Waals surface area contributed by atoms with E-state index in [1.165, 1.54) is 116 Å². The van der Waals surface area contributed by atoms with Crippen LogP contribution in [-0.4, -0.2) is 0 Å². The van der Waals surface area contributed by atoms with Crippen LogP contribution in [0.5, 0.6) is 0 Å². The standard InChI is InChI=1S/C26H46/c1-3-5-7-9-11-13-15-17-19-21-23-25-26-24-22-20-18-16-14-12-10-8-6-4-2/h3-21,23H2,1-2H3. The Balaban J connectivity index is 3.22. The highest BCUT2D eigenvalue weighted by Crippen LogP contribution is 2.11. The van der Waals surface area contributed by atoms with E-state index in [4.69, 9.17) is 0 Å². The third-order valence-electron chi connectivity index (χ3n) is 5.05. The predicted molar refractivity (Wildman–Crippen MR) is 119 cm³/mol. The summed E-state index contributed by atoms with van der Waals surface area (Å²) in [7, 11) is 0. The van der Waals surface area contributed by atoms with E-state index in [1.54, 1.807) is 0 Å². The van der Waals surface area contributed by atoms with E-state index in [1.807, 2.05) is 0 Å². The zero-order chi connectivity index (χ0) is 19.0. The molecule has 0 aromatic rings. The summed E-state index contributed by atoms with van der Waals surface area (Å²) in [6.45, 7) is 4.56. The molecule has 0 rings (SSSR count). The van der Waals surface area contributed by atoms with Crippen LogP contribution in [0.3, 0.4) is 0 Å². The normalized spacial score (nSPS) is 10.1. The first-order chi connectivity index (χ1) is 12.9. The van der Waals surface area contributed by atoms with E-state index in [0.29, 0.717) is 0 Å². The van der Waals surface area contributed by atoms with Gasteiger partial charge in [-0.1, -0.05) is 128 Å². The van der Waals surface area contributed by atoms with Crippen LogP contribution < -0.4 is 0 Å². The lowest BCUT2D eigenvalue weighted by Gasteiger charge is -2.00. The molecule has 0 spiro atoms. The maximum absolute atomic E-state index is 3.22. The highest BCUT2D eigenvalue weighted by atomic mass is 14.0. The van der Waals surface area contributed by atoms with Gasteiger partial charge in [-0.25, -0.2) is 0 Å². The van der Waals surface area contributed by atoms with Crippen LogP contribution in [0, 0.1) is 23.7 Å². The molecular weight excluding hydrogens is 312 g/mol. The second-order valence-electron chi connectivity index (χ2n) is 7.76. The summed E-state index contributed by atoms with van der Waals surface area (Å²) in [5.41, 5.74) is 0. The van der Waals surface area contributed by atoms with E-state index in [0.717, 1.165) is 12.8 Å². The number of unbranched alkanes of at least 4 members (excludes halogenated alkanes) is 18. The zero-order valence-electron chi connectivity index (χ0n) is 18.1. The van der Waals surface area contributed by atoms with Crippen molar-refractivity contribution < 1.29 is 0 Å². The van der Waals surface area contributed by atoms with Crippen molar-refractivity contribution in [3.05, 3.63) is 0 Å². The van der Waals surface area contributed by atoms with Crippen molar-refractivity contribution in [2.24, 2.45) is 0 Å². The lowest BCUT2D eigenvalue weighted by atomic mass is 10.1. The fraction of sp³-hybridized carbons (Fsp3) is 0.846. The molecule has 0 aliphatic carbocycles. The molecule has 0 fully saturated rings. The molecule has 0 aliphatic rings. The van der Waals surface area contributed by atoms with Gasteiger partial charge in [0.05, 0.1) is 0 Å². The third kappa shape index (κ3) is 23.1. The predicted octanol–water partition coefficient (Wildman–Crippen LogP) is 8.84. The Morgan fingerprint density at radius 1 is 0.346 bits per heavy atom. The van der Waals surface area contributed by atoms with E-state index in [2.05, 4.69) is 37.5 Å². The number of hydrogen-bond donors (Lipinski definition) is 0. The minimum absolute atomic E-state index is 1.03. The van der Waals surface area contributed by atoms with Crippen molar-refractivity contribution in [3.8, 4) is 23.7 Å². The van der Waals surface area contributed by atoms with Crippen LogP contribution >= 0.6 is 0 Å². The van der Waals surface area contributed by atoms with E-state index in [9.17, 15) is 0 Å². The molecule has 0 amide bonds. The largest absolute Gasteiger partial charge is 0.0891 e. The Kier molecular flexibility index (Phi) is 23.3. The lowest BCUT2D eigenvalue weighted by Crippen LogP contribution is -1.81. The minimum atomic E-state index is 1.03. The molecule has 0 unspecified atom stereocenters. The molecule has 0 bridgehead atoms. The van der Waals surface area contributed by atoms with Crippen LogP contribution in [0.1, 0.15) is 142 Å². The Bertz CT molecular complexity index is 370. The fourth-order valence-electron chi connectivity index (χ4n) is 3.26. The molecule has 0 N–H and O–H groups in total. The van der Waals surface area contributed by atoms with Gasteiger partial charge in [-0.2, -0.15) is 0 Å². The number of rotatable bonds is 18. The van der Waals surface area contributed by atoms with Crippen molar-refractivity contribution in [3.63, 3.8) is 0 Å². The average Bonchev–Trinajstić information content (AvgIpc) is 2.66. The molecule has 0 saturated heterocycles. The smallest absolute Gasteiger partial charge is 0.00989 e. The summed E-state index contributed by atoms with van der Waals surface area (Å²) in [5.74, 6) is 12.5. The number of hydrogen-bond acceptors (Lipinski definition) is 0. The molecule has 0 atom stereocenters. The van der Waals surface area contributed by atoms with Crippen molar-refractivity contribution in [1.82, 2.24) is 0 Å². The fourth-order valence-corrected chi connectivity index (χ4v) is 3.26. The maximum atomic E-state index is 3.22. The molecule has 0 aliphatic heterocycles. The first-order valence-corrected chi connectivity index (χ1v) is 11.9. The summed E-state index contributed by atoms with van der Waals surface area (Å²) in [5, 5.41) is 0. The van der Waals surface area contributed by atoms with Gasteiger partial charge >= 0.3 is 0 Å². The Hall–Kier alpha value is -0.880. The average molecular weight is 359 g/mol. The van der Waals surface area contributed by atoms with Gasteiger partial charge in [-0.3, -0.25) is 0 Å². The quantitative estimate of drug-likeness (QED) is 0.169. The van der Waals surface area contributed by atoms with Crippen molar-refractivity contribution in [2.75, 3.05) is 0 Å². The van der Waals surface area contributed by atoms with Crippen LogP contribution in [-0.2, 0) is 0 Å². The summed E-state index contributed by atoms with van der Waals surface area (Å²) in [4.78, 5) is 0. The Morgan fingerprint density at radius 2 is 0.615 bits per heavy atom. The topological polar surface area (TPSA) is 0 Å². The first kappa shape index (κ1) is 25.1. The second-order valence-corrected chi connectivity index (χ2v) is 7.76. The van der Waals surface area contributed by atoms with Gasteiger partial charge < -0.3 is 0 Å². The third-order valence-corrected chi connectivity index (χ3v) is 5.05. The molecule has 150 valence electrons. The molecule has 0 radical (unpaired) electrons. The van der Waals surface area contributed by atoms with E-state index >= 15 is 0 Å². The molecule has 26 heavy (non-hydrogen) atoms. The van der Waals surface area contributed by atoms with Crippen LogP contribution in [0.15, 0.2) is 0 Å². The summed E-state index contributed by atoms with van der Waals surface area (Å²) >= 11 is 0. The molecule has 0 aromatic carbocycles. The molecule has 0 aromatic heterocycles. The summed E-state index contributed by atoms with van der Waals surface area (Å²) < 4.78 is 0. The van der Waals surface area contributed by atoms with Crippen molar-refractivity contribution in [1.29, 1.82) is 0 Å². The van der Waals surface area contributed by atoms with E-state index in [-0.39, 0.29) is 0 Å². The minimum Gasteiger partial charge on any atom is -0.0891 e. The molecule has 0 saturated carbocycles. The highest BCUT2D eigenvalue weighted by molar-refractivity contribution is 5.25. The molecule has 0 heterocycles. The zero-order valence-corrected chi connectivity index (χ0v) is 18.1. The van der Waals surface area contributed by atoms with Crippen LogP contribution in [0.2, 0.25) is 0 Å². The van der Waals surface area contributed by atoms with Gasteiger partial charge in [-0.05, 0) is 24.7 Å². The van der Waals surface area contributed by atoms with Gasteiger partial charge in [0.1, 0.15) is 0 Å². The Morgan fingerprint density at radius 3 is 0.923 bits per heavy atom. The van der Waals surface area contributed by atoms with Crippen molar-refractivity contribution in [2.45, 2.75) is 142 Å². The Labute approximate surface area is 166 Å². The molecule has 0 heteroatoms. The van der Waals surface area contributed by atoms with Gasteiger partial charge in [0.15, 0.2) is 0 Å². The maximum Gasteiger partial charge on any atom is 0.00989 e. The van der Waals surface area contributed by atoms with Crippen molar-refractivity contribution >= 4 is 0 Å². The summed E-state index contributed by atoms with van der Waals surface area (Å²) in [6, 6.07) is 0. The van der Waals surface area contributed by atoms with Gasteiger partial charge in [0.2, 0.25) is 0 Å². The van der Waals surface area contributed by atoms with Gasteiger partial charge in [-0.15, -0.1) is 0 Å². The van der Waals surface area contributed by atoms with Crippen LogP contribution in [0.4, 0.5) is 0 Å². The van der Waals surface area contributed by atoms with E-state index < -0.39 is 0 Å². The summed E-state index contributed by atoms with van der Waals surface area (Å²) in [6.07, 6.45) is 27.0. The van der Waals surface area contributed by atoms with Crippen LogP contribution in [0.25, 0.3) is 0 Å². The lowest BCUT2D eigenvalue weighted by molar-refractivity contribution is 0.558. The van der Waals surface area contributed by atoms with Gasteiger partial charge in [0.25, 0.3) is 0 Å². The van der Waals surface area contributed by atoms with Gasteiger partial charge in [0, 0.05) is 12.8 Å².